The van der Waals surface area contributed by atoms with Gasteiger partial charge in [0.1, 0.15) is 0 Å². The third kappa shape index (κ3) is 3.20. The van der Waals surface area contributed by atoms with Gasteiger partial charge in [0.15, 0.2) is 6.29 Å². The standard InChI is InChI=1S/C32H25N3/c1-2-10-23(11-3-1)24-17-19-25(20-18-24)28-22-33-32(34-21-9-8-14-29(28)34)35-30-15-6-4-12-26(30)27-13-5-7-16-31(27)35/h1-20,22,32-33H,21H2. The Morgan fingerprint density at radius 1 is 0.629 bits per heavy atom. The molecule has 7 rings (SSSR count). The molecular weight excluding hydrogens is 426 g/mol. The number of rotatable bonds is 3. The molecule has 3 heteroatoms. The monoisotopic (exact) mass is 451 g/mol. The lowest BCUT2D eigenvalue weighted by atomic mass is 9.96. The van der Waals surface area contributed by atoms with Gasteiger partial charge in [-0.2, -0.15) is 0 Å². The zero-order valence-electron chi connectivity index (χ0n) is 19.3. The van der Waals surface area contributed by atoms with Crippen LogP contribution in [0.25, 0.3) is 38.5 Å². The quantitative estimate of drug-likeness (QED) is 0.310. The normalized spacial score (nSPS) is 17.1. The summed E-state index contributed by atoms with van der Waals surface area (Å²) in [7, 11) is 0. The molecule has 1 N–H and O–H groups in total. The second-order valence-corrected chi connectivity index (χ2v) is 9.08. The fourth-order valence-corrected chi connectivity index (χ4v) is 5.46. The van der Waals surface area contributed by atoms with Crippen molar-refractivity contribution in [3.05, 3.63) is 139 Å². The number of para-hydroxylation sites is 2. The van der Waals surface area contributed by atoms with Crippen molar-refractivity contribution in [2.24, 2.45) is 0 Å². The summed E-state index contributed by atoms with van der Waals surface area (Å²) in [5, 5.41) is 6.32. The Morgan fingerprint density at radius 2 is 1.23 bits per heavy atom. The van der Waals surface area contributed by atoms with Crippen LogP contribution in [0, 0.1) is 0 Å². The number of hydrogen-bond donors (Lipinski definition) is 1. The minimum atomic E-state index is -0.0108. The summed E-state index contributed by atoms with van der Waals surface area (Å²) in [6.45, 7) is 0.851. The highest BCUT2D eigenvalue weighted by atomic mass is 15.4. The molecule has 1 aromatic heterocycles. The van der Waals surface area contributed by atoms with Gasteiger partial charge in [0.2, 0.25) is 0 Å². The van der Waals surface area contributed by atoms with Crippen LogP contribution in [0.3, 0.4) is 0 Å². The molecule has 168 valence electrons. The van der Waals surface area contributed by atoms with Crippen molar-refractivity contribution in [3.8, 4) is 11.1 Å². The van der Waals surface area contributed by atoms with E-state index in [1.165, 1.54) is 49.8 Å². The number of fused-ring (bicyclic) bond motifs is 4. The molecule has 2 aliphatic rings. The summed E-state index contributed by atoms with van der Waals surface area (Å²) in [6.07, 6.45) is 8.82. The van der Waals surface area contributed by atoms with E-state index >= 15 is 0 Å². The average molecular weight is 452 g/mol. The van der Waals surface area contributed by atoms with Gasteiger partial charge >= 0.3 is 0 Å². The highest BCUT2D eigenvalue weighted by molar-refractivity contribution is 6.08. The number of aromatic nitrogens is 1. The summed E-state index contributed by atoms with van der Waals surface area (Å²) in [5.74, 6) is 0. The molecule has 1 unspecified atom stereocenters. The van der Waals surface area contributed by atoms with Crippen LogP contribution >= 0.6 is 0 Å². The van der Waals surface area contributed by atoms with Crippen molar-refractivity contribution in [1.29, 1.82) is 0 Å². The fourth-order valence-electron chi connectivity index (χ4n) is 5.46. The van der Waals surface area contributed by atoms with Crippen molar-refractivity contribution < 1.29 is 0 Å². The van der Waals surface area contributed by atoms with Gasteiger partial charge in [-0.15, -0.1) is 0 Å². The van der Waals surface area contributed by atoms with Crippen LogP contribution in [0.1, 0.15) is 11.9 Å². The molecular formula is C32H25N3. The molecule has 4 aromatic carbocycles. The molecule has 0 bridgehead atoms. The zero-order chi connectivity index (χ0) is 23.2. The predicted octanol–water partition coefficient (Wildman–Crippen LogP) is 7.32. The summed E-state index contributed by atoms with van der Waals surface area (Å²) in [5.41, 5.74) is 8.62. The largest absolute Gasteiger partial charge is 0.353 e. The van der Waals surface area contributed by atoms with E-state index in [0.717, 1.165) is 6.54 Å². The number of allylic oxidation sites excluding steroid dienone is 3. The molecule has 0 fully saturated rings. The van der Waals surface area contributed by atoms with Crippen LogP contribution in [-0.2, 0) is 0 Å². The van der Waals surface area contributed by atoms with Crippen molar-refractivity contribution in [2.75, 3.05) is 6.54 Å². The number of nitrogens with zero attached hydrogens (tertiary/aromatic N) is 2. The van der Waals surface area contributed by atoms with Crippen molar-refractivity contribution in [1.82, 2.24) is 14.8 Å². The Kier molecular flexibility index (Phi) is 4.59. The van der Waals surface area contributed by atoms with Crippen LogP contribution in [0.15, 0.2) is 133 Å². The van der Waals surface area contributed by atoms with Gasteiger partial charge < -0.3 is 14.8 Å². The molecule has 0 amide bonds. The van der Waals surface area contributed by atoms with Gasteiger partial charge in [0, 0.05) is 34.8 Å². The molecule has 35 heavy (non-hydrogen) atoms. The lowest BCUT2D eigenvalue weighted by Gasteiger charge is -2.41. The molecule has 2 aliphatic heterocycles. The van der Waals surface area contributed by atoms with Gasteiger partial charge in [0.25, 0.3) is 0 Å². The van der Waals surface area contributed by atoms with Crippen molar-refractivity contribution in [2.45, 2.75) is 6.29 Å². The lowest BCUT2D eigenvalue weighted by Crippen LogP contribution is -2.43. The van der Waals surface area contributed by atoms with Crippen molar-refractivity contribution >= 4 is 27.4 Å². The first-order chi connectivity index (χ1) is 17.4. The van der Waals surface area contributed by atoms with E-state index in [9.17, 15) is 0 Å². The van der Waals surface area contributed by atoms with E-state index < -0.39 is 0 Å². The van der Waals surface area contributed by atoms with Gasteiger partial charge in [-0.3, -0.25) is 0 Å². The highest BCUT2D eigenvalue weighted by Crippen LogP contribution is 2.39. The third-order valence-corrected chi connectivity index (χ3v) is 7.11. The molecule has 0 radical (unpaired) electrons. The summed E-state index contributed by atoms with van der Waals surface area (Å²) < 4.78 is 2.43. The van der Waals surface area contributed by atoms with Gasteiger partial charge in [-0.05, 0) is 34.9 Å². The molecule has 5 aromatic rings. The van der Waals surface area contributed by atoms with Crippen LogP contribution in [-0.4, -0.2) is 16.0 Å². The minimum Gasteiger partial charge on any atom is -0.353 e. The molecule has 3 nitrogen and oxygen atoms in total. The maximum absolute atomic E-state index is 3.75. The zero-order valence-corrected chi connectivity index (χ0v) is 19.3. The maximum Gasteiger partial charge on any atom is 0.183 e. The molecule has 0 spiro atoms. The van der Waals surface area contributed by atoms with E-state index in [2.05, 4.69) is 142 Å². The van der Waals surface area contributed by atoms with Crippen molar-refractivity contribution in [3.63, 3.8) is 0 Å². The fraction of sp³-hybridized carbons (Fsp3) is 0.0625. The van der Waals surface area contributed by atoms with E-state index in [4.69, 9.17) is 0 Å². The lowest BCUT2D eigenvalue weighted by molar-refractivity contribution is 0.188. The van der Waals surface area contributed by atoms with Crippen LogP contribution in [0.5, 0.6) is 0 Å². The third-order valence-electron chi connectivity index (χ3n) is 7.11. The molecule has 0 aliphatic carbocycles. The van der Waals surface area contributed by atoms with Crippen LogP contribution in [0.2, 0.25) is 0 Å². The minimum absolute atomic E-state index is 0.0108. The van der Waals surface area contributed by atoms with E-state index in [1.807, 2.05) is 0 Å². The van der Waals surface area contributed by atoms with Crippen LogP contribution < -0.4 is 5.32 Å². The highest BCUT2D eigenvalue weighted by Gasteiger charge is 2.30. The first-order valence-electron chi connectivity index (χ1n) is 12.1. The van der Waals surface area contributed by atoms with Crippen LogP contribution in [0.4, 0.5) is 0 Å². The Bertz CT molecular complexity index is 1580. The summed E-state index contributed by atoms with van der Waals surface area (Å²) in [6, 6.07) is 36.8. The number of hydrogen-bond acceptors (Lipinski definition) is 2. The topological polar surface area (TPSA) is 20.2 Å². The molecule has 0 saturated heterocycles. The summed E-state index contributed by atoms with van der Waals surface area (Å²) in [4.78, 5) is 2.46. The molecule has 1 atom stereocenters. The first kappa shape index (κ1) is 19.9. The Morgan fingerprint density at radius 3 is 1.94 bits per heavy atom. The SMILES string of the molecule is C1=CCN2C(=C1)C(c1ccc(-c3ccccc3)cc1)=CNC2n1c2ccccc2c2ccccc21. The Labute approximate surface area is 204 Å². The second kappa shape index (κ2) is 8.07. The Hall–Kier alpha value is -4.50. The smallest absolute Gasteiger partial charge is 0.183 e. The summed E-state index contributed by atoms with van der Waals surface area (Å²) >= 11 is 0. The van der Waals surface area contributed by atoms with Gasteiger partial charge in [-0.25, -0.2) is 0 Å². The van der Waals surface area contributed by atoms with E-state index in [-0.39, 0.29) is 6.29 Å². The van der Waals surface area contributed by atoms with Gasteiger partial charge in [0.05, 0.1) is 11.0 Å². The van der Waals surface area contributed by atoms with E-state index in [1.54, 1.807) is 0 Å². The molecule has 0 saturated carbocycles. The second-order valence-electron chi connectivity index (χ2n) is 9.08. The Balaban J connectivity index is 1.32. The van der Waals surface area contributed by atoms with E-state index in [0.29, 0.717) is 0 Å². The predicted molar refractivity (Wildman–Crippen MR) is 145 cm³/mol. The maximum atomic E-state index is 3.75. The van der Waals surface area contributed by atoms with Gasteiger partial charge in [-0.1, -0.05) is 103 Å². The number of benzene rings is 4. The first-order valence-corrected chi connectivity index (χ1v) is 12.1. The average Bonchev–Trinajstić information content (AvgIpc) is 3.27. The number of nitrogens with one attached hydrogen (secondary N) is 1. The molecule has 3 heterocycles.